The van der Waals surface area contributed by atoms with Crippen LogP contribution >= 0.6 is 0 Å². The summed E-state index contributed by atoms with van der Waals surface area (Å²) in [6, 6.07) is 12.2. The van der Waals surface area contributed by atoms with Crippen LogP contribution in [0.15, 0.2) is 48.7 Å². The molecule has 4 rings (SSSR count). The molecule has 3 heterocycles. The third-order valence-electron chi connectivity index (χ3n) is 5.83. The number of nitrogens with zero attached hydrogens (tertiary/aromatic N) is 3. The fraction of sp³-hybridized carbons (Fsp3) is 0.435. The van der Waals surface area contributed by atoms with Gasteiger partial charge >= 0.3 is 6.18 Å². The van der Waals surface area contributed by atoms with Crippen molar-refractivity contribution in [2.24, 2.45) is 0 Å². The molecular formula is C23H26F3N3O2. The predicted molar refractivity (Wildman–Crippen MR) is 112 cm³/mol. The molecule has 0 bridgehead atoms. The van der Waals surface area contributed by atoms with Gasteiger partial charge in [0.25, 0.3) is 0 Å². The maximum absolute atomic E-state index is 13.6. The third kappa shape index (κ3) is 4.85. The molecule has 0 aliphatic carbocycles. The molecule has 1 N–H and O–H groups in total. The van der Waals surface area contributed by atoms with Crippen LogP contribution in [0.1, 0.15) is 31.0 Å². The minimum atomic E-state index is -4.51. The van der Waals surface area contributed by atoms with E-state index in [4.69, 9.17) is 4.74 Å². The SMILES string of the molecule is CCOc1ccc(CN2CCC(O)(Cn3c(C(F)(F)F)cc4cccnc43)CC2)cc1. The van der Waals surface area contributed by atoms with Crippen molar-refractivity contribution in [1.82, 2.24) is 14.5 Å². The molecule has 2 aromatic heterocycles. The van der Waals surface area contributed by atoms with Gasteiger partial charge < -0.3 is 14.4 Å². The van der Waals surface area contributed by atoms with E-state index in [0.29, 0.717) is 37.9 Å². The second-order valence-corrected chi connectivity index (χ2v) is 8.11. The molecule has 1 aliphatic rings. The van der Waals surface area contributed by atoms with Crippen molar-refractivity contribution >= 4 is 11.0 Å². The Morgan fingerprint density at radius 1 is 1.13 bits per heavy atom. The van der Waals surface area contributed by atoms with Crippen LogP contribution in [0.3, 0.4) is 0 Å². The van der Waals surface area contributed by atoms with E-state index in [9.17, 15) is 18.3 Å². The fourth-order valence-corrected chi connectivity index (χ4v) is 4.18. The van der Waals surface area contributed by atoms with Gasteiger partial charge in [0.05, 0.1) is 18.8 Å². The number of aromatic nitrogens is 2. The molecule has 1 aromatic carbocycles. The van der Waals surface area contributed by atoms with E-state index >= 15 is 0 Å². The van der Waals surface area contributed by atoms with Crippen molar-refractivity contribution in [3.8, 4) is 5.75 Å². The Balaban J connectivity index is 1.44. The van der Waals surface area contributed by atoms with Gasteiger partial charge in [-0.25, -0.2) is 4.98 Å². The number of aliphatic hydroxyl groups is 1. The van der Waals surface area contributed by atoms with Gasteiger partial charge in [-0.15, -0.1) is 0 Å². The summed E-state index contributed by atoms with van der Waals surface area (Å²) in [5.41, 5.74) is -0.598. The highest BCUT2D eigenvalue weighted by atomic mass is 19.4. The van der Waals surface area contributed by atoms with Crippen molar-refractivity contribution in [1.29, 1.82) is 0 Å². The largest absolute Gasteiger partial charge is 0.494 e. The summed E-state index contributed by atoms with van der Waals surface area (Å²) in [7, 11) is 0. The van der Waals surface area contributed by atoms with Gasteiger partial charge in [0.1, 0.15) is 17.1 Å². The van der Waals surface area contributed by atoms with Gasteiger partial charge in [-0.1, -0.05) is 12.1 Å². The molecule has 0 saturated carbocycles. The van der Waals surface area contributed by atoms with Crippen molar-refractivity contribution in [2.75, 3.05) is 19.7 Å². The molecule has 0 unspecified atom stereocenters. The lowest BCUT2D eigenvalue weighted by atomic mass is 9.91. The average Bonchev–Trinajstić information content (AvgIpc) is 3.10. The zero-order valence-corrected chi connectivity index (χ0v) is 17.4. The normalized spacial score (nSPS) is 17.2. The Kier molecular flexibility index (Phi) is 5.94. The summed E-state index contributed by atoms with van der Waals surface area (Å²) in [6.07, 6.45) is -2.24. The maximum atomic E-state index is 13.6. The van der Waals surface area contributed by atoms with Gasteiger partial charge in [-0.05, 0) is 55.7 Å². The van der Waals surface area contributed by atoms with E-state index in [-0.39, 0.29) is 12.2 Å². The minimum absolute atomic E-state index is 0.126. The molecule has 1 aliphatic heterocycles. The summed E-state index contributed by atoms with van der Waals surface area (Å²) < 4.78 is 47.4. The summed E-state index contributed by atoms with van der Waals surface area (Å²) in [5.74, 6) is 0.826. The maximum Gasteiger partial charge on any atom is 0.431 e. The van der Waals surface area contributed by atoms with Crippen LogP contribution in [0.25, 0.3) is 11.0 Å². The van der Waals surface area contributed by atoms with Crippen LogP contribution < -0.4 is 4.74 Å². The zero-order valence-electron chi connectivity index (χ0n) is 17.4. The number of piperidine rings is 1. The summed E-state index contributed by atoms with van der Waals surface area (Å²) >= 11 is 0. The highest BCUT2D eigenvalue weighted by molar-refractivity contribution is 5.77. The molecule has 1 saturated heterocycles. The van der Waals surface area contributed by atoms with Crippen molar-refractivity contribution in [3.63, 3.8) is 0 Å². The smallest absolute Gasteiger partial charge is 0.431 e. The lowest BCUT2D eigenvalue weighted by molar-refractivity contribution is -0.145. The number of rotatable bonds is 6. The van der Waals surface area contributed by atoms with Crippen molar-refractivity contribution < 1.29 is 23.0 Å². The van der Waals surface area contributed by atoms with E-state index in [1.165, 1.54) is 6.20 Å². The molecule has 3 aromatic rings. The molecule has 0 spiro atoms. The van der Waals surface area contributed by atoms with Crippen molar-refractivity contribution in [2.45, 2.75) is 44.6 Å². The number of hydrogen-bond acceptors (Lipinski definition) is 4. The van der Waals surface area contributed by atoms with Crippen LogP contribution in [0, 0.1) is 0 Å². The lowest BCUT2D eigenvalue weighted by Gasteiger charge is -2.39. The van der Waals surface area contributed by atoms with E-state index in [1.807, 2.05) is 31.2 Å². The van der Waals surface area contributed by atoms with Crippen LogP contribution in [-0.4, -0.2) is 44.9 Å². The van der Waals surface area contributed by atoms with Gasteiger partial charge in [0.2, 0.25) is 0 Å². The Bertz CT molecular complexity index is 1020. The first-order chi connectivity index (χ1) is 14.8. The number of ether oxygens (including phenoxy) is 1. The molecule has 0 atom stereocenters. The lowest BCUT2D eigenvalue weighted by Crippen LogP contribution is -2.46. The number of fused-ring (bicyclic) bond motifs is 1. The van der Waals surface area contributed by atoms with E-state index < -0.39 is 17.5 Å². The zero-order chi connectivity index (χ0) is 22.1. The predicted octanol–water partition coefficient (Wildman–Crippen LogP) is 4.48. The number of hydrogen-bond donors (Lipinski definition) is 1. The van der Waals surface area contributed by atoms with Gasteiger partial charge in [0, 0.05) is 31.2 Å². The van der Waals surface area contributed by atoms with Gasteiger partial charge in [0.15, 0.2) is 0 Å². The second-order valence-electron chi connectivity index (χ2n) is 8.11. The van der Waals surface area contributed by atoms with Gasteiger partial charge in [-0.2, -0.15) is 13.2 Å². The van der Waals surface area contributed by atoms with Gasteiger partial charge in [-0.3, -0.25) is 4.90 Å². The number of alkyl halides is 3. The Labute approximate surface area is 179 Å². The molecule has 31 heavy (non-hydrogen) atoms. The molecule has 0 radical (unpaired) electrons. The Morgan fingerprint density at radius 2 is 1.84 bits per heavy atom. The first-order valence-electron chi connectivity index (χ1n) is 10.5. The molecule has 8 heteroatoms. The Hall–Kier alpha value is -2.58. The Morgan fingerprint density at radius 3 is 2.48 bits per heavy atom. The molecular weight excluding hydrogens is 407 g/mol. The average molecular weight is 433 g/mol. The summed E-state index contributed by atoms with van der Waals surface area (Å²) in [6.45, 7) is 4.37. The number of pyridine rings is 1. The quantitative estimate of drug-likeness (QED) is 0.623. The highest BCUT2D eigenvalue weighted by Gasteiger charge is 2.39. The van der Waals surface area contributed by atoms with Crippen molar-refractivity contribution in [3.05, 3.63) is 59.9 Å². The van der Waals surface area contributed by atoms with E-state index in [1.54, 1.807) is 12.1 Å². The third-order valence-corrected chi connectivity index (χ3v) is 5.83. The standard InChI is InChI=1S/C23H26F3N3O2/c1-2-31-19-7-5-17(6-8-19)15-28-12-9-22(30,10-13-28)16-29-20(23(24,25)26)14-18-4-3-11-27-21(18)29/h3-8,11,14,30H,2,9-10,12-13,15-16H2,1H3. The molecule has 5 nitrogen and oxygen atoms in total. The first kappa shape index (κ1) is 21.6. The monoisotopic (exact) mass is 433 g/mol. The van der Waals surface area contributed by atoms with Crippen LogP contribution in [0.4, 0.5) is 13.2 Å². The van der Waals surface area contributed by atoms with E-state index in [0.717, 1.165) is 28.5 Å². The highest BCUT2D eigenvalue weighted by Crippen LogP contribution is 2.36. The number of likely N-dealkylation sites (tertiary alicyclic amines) is 1. The molecule has 0 amide bonds. The number of halogens is 3. The van der Waals surface area contributed by atoms with Crippen LogP contribution in [0.2, 0.25) is 0 Å². The fourth-order valence-electron chi connectivity index (χ4n) is 4.18. The minimum Gasteiger partial charge on any atom is -0.494 e. The van der Waals surface area contributed by atoms with E-state index in [2.05, 4.69) is 9.88 Å². The molecule has 1 fully saturated rings. The summed E-state index contributed by atoms with van der Waals surface area (Å²) in [5, 5.41) is 11.5. The van der Waals surface area contributed by atoms with Crippen LogP contribution in [-0.2, 0) is 19.3 Å². The second kappa shape index (κ2) is 8.51. The van der Waals surface area contributed by atoms with Crippen LogP contribution in [0.5, 0.6) is 5.75 Å². The number of benzene rings is 1. The summed E-state index contributed by atoms with van der Waals surface area (Å²) in [4.78, 5) is 6.34. The topological polar surface area (TPSA) is 50.5 Å². The first-order valence-corrected chi connectivity index (χ1v) is 10.5. The molecule has 166 valence electrons.